The number of amides is 2. The van der Waals surface area contributed by atoms with Gasteiger partial charge in [0, 0.05) is 23.5 Å². The van der Waals surface area contributed by atoms with Crippen molar-refractivity contribution in [1.82, 2.24) is 16.3 Å². The third kappa shape index (κ3) is 6.44. The van der Waals surface area contributed by atoms with Crippen molar-refractivity contribution < 1.29 is 55.4 Å². The van der Waals surface area contributed by atoms with Crippen molar-refractivity contribution in [3.8, 4) is 17.5 Å². The fourth-order valence-electron chi connectivity index (χ4n) is 3.57. The first kappa shape index (κ1) is 29.3. The van der Waals surface area contributed by atoms with E-state index < -0.39 is 65.8 Å². The van der Waals surface area contributed by atoms with Crippen LogP contribution >= 0.6 is 0 Å². The standard InChI is InChI=1S/C22H16F6N4O6.H3N/c23-21(24,25)11-7-12(22(26,27)28)9-14(8-11)32-5-6-37-16(19(32)35)15(33)18(34)29-13-3-1-10(2-4-13)17-30-20(36)38-31-17;/h1-4,7-9,15-16,33H,5-6H2,(H,29,34)(H,30,31,36);1H3. The van der Waals surface area contributed by atoms with Crippen molar-refractivity contribution >= 4 is 23.2 Å². The van der Waals surface area contributed by atoms with Crippen LogP contribution in [0.1, 0.15) is 11.1 Å². The number of benzene rings is 2. The molecular formula is C22H19F6N5O6. The number of carbonyl (C=O) groups is 2. The zero-order valence-electron chi connectivity index (χ0n) is 19.5. The van der Waals surface area contributed by atoms with Gasteiger partial charge in [-0.2, -0.15) is 31.3 Å². The molecule has 39 heavy (non-hydrogen) atoms. The highest BCUT2D eigenvalue weighted by Crippen LogP contribution is 2.39. The van der Waals surface area contributed by atoms with Crippen LogP contribution in [0.15, 0.2) is 47.0 Å². The van der Waals surface area contributed by atoms with Crippen LogP contribution in [0, 0.1) is 0 Å². The van der Waals surface area contributed by atoms with Gasteiger partial charge in [0.2, 0.25) is 5.82 Å². The highest BCUT2D eigenvalue weighted by molar-refractivity contribution is 6.04. The monoisotopic (exact) mass is 563 g/mol. The Bertz CT molecular complexity index is 1310. The first-order valence-corrected chi connectivity index (χ1v) is 10.6. The number of aliphatic hydroxyl groups is 1. The molecular weight excluding hydrogens is 544 g/mol. The molecule has 2 amide bonds. The van der Waals surface area contributed by atoms with Crippen molar-refractivity contribution in [2.24, 2.45) is 0 Å². The Morgan fingerprint density at radius 3 is 2.15 bits per heavy atom. The van der Waals surface area contributed by atoms with E-state index in [-0.39, 0.29) is 30.3 Å². The molecule has 210 valence electrons. The molecule has 2 aromatic carbocycles. The average Bonchev–Trinajstić information content (AvgIpc) is 3.29. The van der Waals surface area contributed by atoms with Crippen LogP contribution in [0.25, 0.3) is 11.4 Å². The number of hydrogen-bond acceptors (Lipinski definition) is 9. The molecule has 2 heterocycles. The molecule has 0 radical (unpaired) electrons. The Kier molecular flexibility index (Phi) is 8.18. The van der Waals surface area contributed by atoms with Gasteiger partial charge in [-0.3, -0.25) is 14.1 Å². The lowest BCUT2D eigenvalue weighted by Gasteiger charge is -2.34. The summed E-state index contributed by atoms with van der Waals surface area (Å²) >= 11 is 0. The zero-order valence-corrected chi connectivity index (χ0v) is 19.5. The molecule has 17 heteroatoms. The predicted octanol–water partition coefficient (Wildman–Crippen LogP) is 3.37. The molecule has 1 aliphatic rings. The smallest absolute Gasteiger partial charge is 0.416 e. The number of anilines is 2. The number of nitrogens with zero attached hydrogens (tertiary/aromatic N) is 3. The Morgan fingerprint density at radius 1 is 1.05 bits per heavy atom. The van der Waals surface area contributed by atoms with E-state index in [2.05, 4.69) is 20.0 Å². The van der Waals surface area contributed by atoms with Gasteiger partial charge < -0.3 is 31.3 Å². The Labute approximate surface area is 214 Å². The summed E-state index contributed by atoms with van der Waals surface area (Å²) in [5.41, 5.74) is -3.44. The van der Waals surface area contributed by atoms with Crippen molar-refractivity contribution in [2.75, 3.05) is 23.4 Å². The van der Waals surface area contributed by atoms with Gasteiger partial charge in [0.1, 0.15) is 0 Å². The number of rotatable bonds is 5. The number of aromatic hydroxyl groups is 1. The van der Waals surface area contributed by atoms with Gasteiger partial charge >= 0.3 is 18.4 Å². The number of ether oxygens (including phenoxy) is 1. The van der Waals surface area contributed by atoms with Gasteiger partial charge in [0.25, 0.3) is 11.8 Å². The summed E-state index contributed by atoms with van der Waals surface area (Å²) in [7, 11) is 0. The second-order valence-corrected chi connectivity index (χ2v) is 7.96. The van der Waals surface area contributed by atoms with E-state index in [1.165, 1.54) is 24.3 Å². The molecule has 1 fully saturated rings. The van der Waals surface area contributed by atoms with Crippen LogP contribution in [0.4, 0.5) is 37.7 Å². The zero-order chi connectivity index (χ0) is 27.8. The van der Waals surface area contributed by atoms with Gasteiger partial charge in [-0.05, 0) is 42.5 Å². The summed E-state index contributed by atoms with van der Waals surface area (Å²) in [6, 6.07) is 6.25. The van der Waals surface area contributed by atoms with Crippen LogP contribution in [-0.4, -0.2) is 57.5 Å². The summed E-state index contributed by atoms with van der Waals surface area (Å²) in [4.78, 5) is 29.6. The molecule has 1 saturated heterocycles. The number of hydrogen-bond donors (Lipinski definition) is 4. The lowest BCUT2D eigenvalue weighted by molar-refractivity contribution is -0.150. The average molecular weight is 563 g/mol. The van der Waals surface area contributed by atoms with Gasteiger partial charge in [-0.1, -0.05) is 5.16 Å². The number of halogens is 6. The van der Waals surface area contributed by atoms with Gasteiger partial charge in [-0.15, -0.1) is 0 Å². The minimum Gasteiger partial charge on any atom is -0.464 e. The fraction of sp³-hybridized carbons (Fsp3) is 0.273. The first-order valence-electron chi connectivity index (χ1n) is 10.6. The lowest BCUT2D eigenvalue weighted by Crippen LogP contribution is -2.55. The topological polar surface area (TPSA) is 173 Å². The lowest BCUT2D eigenvalue weighted by atomic mass is 10.1. The largest absolute Gasteiger partial charge is 0.464 e. The van der Waals surface area contributed by atoms with E-state index in [0.29, 0.717) is 22.6 Å². The summed E-state index contributed by atoms with van der Waals surface area (Å²) in [5.74, 6) is -2.29. The number of alkyl halides is 6. The van der Waals surface area contributed by atoms with Crippen LogP contribution in [0.2, 0.25) is 0 Å². The number of morpholine rings is 1. The van der Waals surface area contributed by atoms with E-state index >= 15 is 0 Å². The molecule has 4 rings (SSSR count). The second kappa shape index (κ2) is 10.9. The second-order valence-electron chi connectivity index (χ2n) is 7.96. The van der Waals surface area contributed by atoms with Crippen LogP contribution in [0.3, 0.4) is 0 Å². The number of aliphatic hydroxyl groups excluding tert-OH is 1. The molecule has 2 atom stereocenters. The first-order chi connectivity index (χ1) is 17.7. The van der Waals surface area contributed by atoms with E-state index in [9.17, 15) is 41.0 Å². The molecule has 11 nitrogen and oxygen atoms in total. The quantitative estimate of drug-likeness (QED) is 0.340. The maximum absolute atomic E-state index is 13.2. The third-order valence-electron chi connectivity index (χ3n) is 5.39. The van der Waals surface area contributed by atoms with E-state index in [0.717, 1.165) is 0 Å². The molecule has 0 bridgehead atoms. The van der Waals surface area contributed by atoms with Crippen molar-refractivity contribution in [3.63, 3.8) is 0 Å². The van der Waals surface area contributed by atoms with Crippen LogP contribution in [0.5, 0.6) is 6.08 Å². The molecule has 0 saturated carbocycles. The van der Waals surface area contributed by atoms with Crippen LogP contribution < -0.4 is 16.4 Å². The minimum absolute atomic E-state index is 0. The Balaban J connectivity index is 0.00000420. The highest BCUT2D eigenvalue weighted by atomic mass is 19.4. The summed E-state index contributed by atoms with van der Waals surface area (Å²) in [5, 5.41) is 25.4. The van der Waals surface area contributed by atoms with E-state index in [1.807, 2.05) is 0 Å². The van der Waals surface area contributed by atoms with Crippen molar-refractivity contribution in [3.05, 3.63) is 53.6 Å². The molecule has 1 aromatic heterocycles. The number of carbonyl (C=O) groups excluding carboxylic acids is 2. The molecule has 2 unspecified atom stereocenters. The Morgan fingerprint density at radius 2 is 1.64 bits per heavy atom. The predicted molar refractivity (Wildman–Crippen MR) is 120 cm³/mol. The highest BCUT2D eigenvalue weighted by Gasteiger charge is 2.42. The molecule has 0 aliphatic carbocycles. The van der Waals surface area contributed by atoms with Gasteiger partial charge in [0.15, 0.2) is 12.2 Å². The van der Waals surface area contributed by atoms with Crippen LogP contribution in [-0.2, 0) is 26.7 Å². The van der Waals surface area contributed by atoms with Crippen molar-refractivity contribution in [1.29, 1.82) is 0 Å². The SMILES string of the molecule is N.O=C(Nc1ccc(-c2noc(O)n2)cc1)C(O)C1OCCN(c2cc(C(F)(F)F)cc(C(F)(F)F)c2)C1=O. The summed E-state index contributed by atoms with van der Waals surface area (Å²) in [6.07, 6.45) is -15.0. The molecule has 1 aliphatic heterocycles. The van der Waals surface area contributed by atoms with E-state index in [4.69, 9.17) is 9.84 Å². The number of nitrogens with one attached hydrogen (secondary N) is 1. The maximum Gasteiger partial charge on any atom is 0.416 e. The summed E-state index contributed by atoms with van der Waals surface area (Å²) in [6.45, 7) is -0.806. The Hall–Kier alpha value is -4.22. The molecule has 6 N–H and O–H groups in total. The fourth-order valence-corrected chi connectivity index (χ4v) is 3.57. The normalized spacial score (nSPS) is 16.9. The van der Waals surface area contributed by atoms with Gasteiger partial charge in [-0.25, -0.2) is 0 Å². The van der Waals surface area contributed by atoms with Gasteiger partial charge in [0.05, 0.1) is 17.7 Å². The molecule has 3 aromatic rings. The third-order valence-corrected chi connectivity index (χ3v) is 5.39. The molecule has 0 spiro atoms. The van der Waals surface area contributed by atoms with E-state index in [1.54, 1.807) is 0 Å². The maximum atomic E-state index is 13.2. The van der Waals surface area contributed by atoms with Crippen molar-refractivity contribution in [2.45, 2.75) is 24.6 Å². The number of aromatic nitrogens is 2. The summed E-state index contributed by atoms with van der Waals surface area (Å²) < 4.78 is 89.0. The minimum atomic E-state index is -5.14.